The van der Waals surface area contributed by atoms with E-state index in [-0.39, 0.29) is 6.03 Å². The first kappa shape index (κ1) is 8.85. The number of amides is 2. The highest BCUT2D eigenvalue weighted by Gasteiger charge is 2.23. The zero-order valence-corrected chi connectivity index (χ0v) is 8.01. The van der Waals surface area contributed by atoms with Crippen molar-refractivity contribution in [3.8, 4) is 0 Å². The molecule has 0 radical (unpaired) electrons. The predicted molar refractivity (Wildman–Crippen MR) is 51.5 cm³/mol. The molecule has 2 aliphatic carbocycles. The second kappa shape index (κ2) is 3.99. The van der Waals surface area contributed by atoms with Gasteiger partial charge in [0.25, 0.3) is 0 Å². The Morgan fingerprint density at radius 1 is 1.15 bits per heavy atom. The van der Waals surface area contributed by atoms with Crippen LogP contribution in [-0.4, -0.2) is 18.6 Å². The summed E-state index contributed by atoms with van der Waals surface area (Å²) in [6.45, 7) is 0.874. The van der Waals surface area contributed by atoms with Gasteiger partial charge >= 0.3 is 6.03 Å². The van der Waals surface area contributed by atoms with Crippen LogP contribution in [0.25, 0.3) is 0 Å². The molecule has 0 heterocycles. The molecule has 0 bridgehead atoms. The lowest BCUT2D eigenvalue weighted by atomic mass is 10.1. The normalized spacial score (nSPS) is 23.1. The molecule has 3 heteroatoms. The van der Waals surface area contributed by atoms with Crippen molar-refractivity contribution in [2.45, 2.75) is 44.6 Å². The Kier molecular flexibility index (Phi) is 2.71. The molecule has 74 valence electrons. The van der Waals surface area contributed by atoms with Crippen molar-refractivity contribution < 1.29 is 4.79 Å². The van der Waals surface area contributed by atoms with Crippen LogP contribution in [-0.2, 0) is 0 Å². The van der Waals surface area contributed by atoms with Gasteiger partial charge in [-0.1, -0.05) is 12.8 Å². The Morgan fingerprint density at radius 2 is 1.85 bits per heavy atom. The van der Waals surface area contributed by atoms with Gasteiger partial charge in [-0.3, -0.25) is 0 Å². The first-order valence-corrected chi connectivity index (χ1v) is 5.39. The molecular formula is C10H18N2O. The van der Waals surface area contributed by atoms with Crippen molar-refractivity contribution in [1.29, 1.82) is 0 Å². The van der Waals surface area contributed by atoms with E-state index in [1.54, 1.807) is 0 Å². The molecule has 0 aliphatic heterocycles. The molecule has 0 atom stereocenters. The summed E-state index contributed by atoms with van der Waals surface area (Å²) >= 11 is 0. The standard InChI is InChI=1S/C10H18N2O/c13-10(12-9-5-6-9)11-7-8-3-1-2-4-8/h8-9H,1-7H2,(H2,11,12,13). The van der Waals surface area contributed by atoms with Crippen molar-refractivity contribution in [2.75, 3.05) is 6.54 Å². The Hall–Kier alpha value is -0.730. The highest BCUT2D eigenvalue weighted by molar-refractivity contribution is 5.74. The van der Waals surface area contributed by atoms with E-state index in [0.717, 1.165) is 25.3 Å². The maximum Gasteiger partial charge on any atom is 0.315 e. The number of nitrogens with one attached hydrogen (secondary N) is 2. The summed E-state index contributed by atoms with van der Waals surface area (Å²) in [6, 6.07) is 0.512. The fraction of sp³-hybridized carbons (Fsp3) is 0.900. The maximum atomic E-state index is 11.2. The molecule has 2 saturated carbocycles. The van der Waals surface area contributed by atoms with Crippen molar-refractivity contribution in [3.63, 3.8) is 0 Å². The quantitative estimate of drug-likeness (QED) is 0.684. The van der Waals surface area contributed by atoms with E-state index in [2.05, 4.69) is 10.6 Å². The lowest BCUT2D eigenvalue weighted by Crippen LogP contribution is -2.38. The number of urea groups is 1. The number of carbonyl (C=O) groups excluding carboxylic acids is 1. The van der Waals surface area contributed by atoms with E-state index < -0.39 is 0 Å². The lowest BCUT2D eigenvalue weighted by Gasteiger charge is -2.10. The third-order valence-electron chi connectivity index (χ3n) is 2.94. The van der Waals surface area contributed by atoms with Crippen LogP contribution < -0.4 is 10.6 Å². The Balaban J connectivity index is 1.57. The van der Waals surface area contributed by atoms with Crippen LogP contribution in [0.3, 0.4) is 0 Å². The minimum atomic E-state index is 0.0365. The van der Waals surface area contributed by atoms with Gasteiger partial charge in [0.05, 0.1) is 0 Å². The third kappa shape index (κ3) is 2.90. The lowest BCUT2D eigenvalue weighted by molar-refractivity contribution is 0.238. The van der Waals surface area contributed by atoms with E-state index in [0.29, 0.717) is 6.04 Å². The minimum absolute atomic E-state index is 0.0365. The average molecular weight is 182 g/mol. The molecule has 2 rings (SSSR count). The predicted octanol–water partition coefficient (Wildman–Crippen LogP) is 1.64. The van der Waals surface area contributed by atoms with Crippen LogP contribution in [0.15, 0.2) is 0 Å². The molecule has 0 saturated heterocycles. The highest BCUT2D eigenvalue weighted by Crippen LogP contribution is 2.23. The van der Waals surface area contributed by atoms with Crippen LogP contribution in [0.1, 0.15) is 38.5 Å². The summed E-state index contributed by atoms with van der Waals surface area (Å²) in [4.78, 5) is 11.2. The van der Waals surface area contributed by atoms with Gasteiger partial charge in [0.15, 0.2) is 0 Å². The SMILES string of the molecule is O=C(NCC1CCCC1)NC1CC1. The third-order valence-corrected chi connectivity index (χ3v) is 2.94. The van der Waals surface area contributed by atoms with Crippen LogP contribution in [0.4, 0.5) is 4.79 Å². The van der Waals surface area contributed by atoms with Gasteiger partial charge in [0.1, 0.15) is 0 Å². The minimum Gasteiger partial charge on any atom is -0.338 e. The van der Waals surface area contributed by atoms with Crippen LogP contribution in [0, 0.1) is 5.92 Å². The number of rotatable bonds is 3. The van der Waals surface area contributed by atoms with Crippen molar-refractivity contribution in [3.05, 3.63) is 0 Å². The molecule has 0 unspecified atom stereocenters. The van der Waals surface area contributed by atoms with Crippen LogP contribution >= 0.6 is 0 Å². The Bertz CT molecular complexity index is 183. The topological polar surface area (TPSA) is 41.1 Å². The molecule has 2 aliphatic rings. The average Bonchev–Trinajstić information content (AvgIpc) is 2.78. The molecule has 0 spiro atoms. The molecule has 0 aromatic carbocycles. The summed E-state index contributed by atoms with van der Waals surface area (Å²) < 4.78 is 0. The van der Waals surface area contributed by atoms with Crippen molar-refractivity contribution in [1.82, 2.24) is 10.6 Å². The second-order valence-electron chi connectivity index (χ2n) is 4.28. The molecule has 2 N–H and O–H groups in total. The van der Waals surface area contributed by atoms with E-state index >= 15 is 0 Å². The van der Waals surface area contributed by atoms with E-state index in [1.165, 1.54) is 25.7 Å². The van der Waals surface area contributed by atoms with Gasteiger partial charge in [-0.05, 0) is 31.6 Å². The van der Waals surface area contributed by atoms with Gasteiger partial charge in [-0.25, -0.2) is 4.79 Å². The molecule has 0 aromatic rings. The summed E-state index contributed by atoms with van der Waals surface area (Å²) in [6.07, 6.45) is 7.61. The number of hydrogen-bond acceptors (Lipinski definition) is 1. The van der Waals surface area contributed by atoms with Gasteiger partial charge in [0.2, 0.25) is 0 Å². The summed E-state index contributed by atoms with van der Waals surface area (Å²) in [7, 11) is 0. The van der Waals surface area contributed by atoms with Crippen molar-refractivity contribution >= 4 is 6.03 Å². The smallest absolute Gasteiger partial charge is 0.315 e. The second-order valence-corrected chi connectivity index (χ2v) is 4.28. The molecular weight excluding hydrogens is 164 g/mol. The van der Waals surface area contributed by atoms with Gasteiger partial charge in [-0.15, -0.1) is 0 Å². The monoisotopic (exact) mass is 182 g/mol. The first-order chi connectivity index (χ1) is 6.34. The van der Waals surface area contributed by atoms with Gasteiger partial charge in [0, 0.05) is 12.6 Å². The molecule has 0 aromatic heterocycles. The largest absolute Gasteiger partial charge is 0.338 e. The summed E-state index contributed by atoms with van der Waals surface area (Å²) in [5, 5.41) is 5.87. The summed E-state index contributed by atoms with van der Waals surface area (Å²) in [5.74, 6) is 0.741. The fourth-order valence-electron chi connectivity index (χ4n) is 1.92. The van der Waals surface area contributed by atoms with E-state index in [9.17, 15) is 4.79 Å². The number of carbonyl (C=O) groups is 1. The van der Waals surface area contributed by atoms with Crippen molar-refractivity contribution in [2.24, 2.45) is 5.92 Å². The zero-order chi connectivity index (χ0) is 9.10. The van der Waals surface area contributed by atoms with Crippen LogP contribution in [0.5, 0.6) is 0 Å². The zero-order valence-electron chi connectivity index (χ0n) is 8.01. The van der Waals surface area contributed by atoms with Crippen LogP contribution in [0.2, 0.25) is 0 Å². The first-order valence-electron chi connectivity index (χ1n) is 5.39. The maximum absolute atomic E-state index is 11.2. The highest BCUT2D eigenvalue weighted by atomic mass is 16.2. The van der Waals surface area contributed by atoms with Gasteiger partial charge < -0.3 is 10.6 Å². The summed E-state index contributed by atoms with van der Waals surface area (Å²) in [5.41, 5.74) is 0. The molecule has 13 heavy (non-hydrogen) atoms. The Labute approximate surface area is 79.3 Å². The molecule has 3 nitrogen and oxygen atoms in total. The van der Waals surface area contributed by atoms with Gasteiger partial charge in [-0.2, -0.15) is 0 Å². The molecule has 2 fully saturated rings. The fourth-order valence-corrected chi connectivity index (χ4v) is 1.92. The molecule has 2 amide bonds. The van der Waals surface area contributed by atoms with E-state index in [4.69, 9.17) is 0 Å². The Morgan fingerprint density at radius 3 is 2.46 bits per heavy atom. The van der Waals surface area contributed by atoms with E-state index in [1.807, 2.05) is 0 Å². The number of hydrogen-bond donors (Lipinski definition) is 2.